The van der Waals surface area contributed by atoms with Crippen LogP contribution in [0, 0.1) is 0 Å². The predicted octanol–water partition coefficient (Wildman–Crippen LogP) is 3.93. The van der Waals surface area contributed by atoms with Crippen LogP contribution in [0.3, 0.4) is 0 Å². The van der Waals surface area contributed by atoms with Gasteiger partial charge in [-0.1, -0.05) is 60.7 Å². The molecule has 0 aliphatic carbocycles. The van der Waals surface area contributed by atoms with Crippen LogP contribution in [0.4, 0.5) is 0 Å². The Morgan fingerprint density at radius 1 is 0.895 bits per heavy atom. The second-order valence-corrected chi connectivity index (χ2v) is 5.11. The molecule has 0 aliphatic rings. The molecule has 0 radical (unpaired) electrons. The van der Waals surface area contributed by atoms with Crippen molar-refractivity contribution >= 4 is 6.08 Å². The van der Waals surface area contributed by atoms with Crippen LogP contribution in [0.5, 0.6) is 0 Å². The highest BCUT2D eigenvalue weighted by molar-refractivity contribution is 5.41. The van der Waals surface area contributed by atoms with Crippen LogP contribution in [0.2, 0.25) is 0 Å². The van der Waals surface area contributed by atoms with Crippen LogP contribution in [0.25, 0.3) is 0 Å². The highest BCUT2D eigenvalue weighted by Gasteiger charge is 2.31. The number of hydrogen-bond acceptors (Lipinski definition) is 2. The average molecular weight is 251 g/mol. The third-order valence-corrected chi connectivity index (χ3v) is 3.31. The summed E-state index contributed by atoms with van der Waals surface area (Å²) in [6.45, 7) is 3.92. The predicted molar refractivity (Wildman–Crippen MR) is 76.9 cm³/mol. The van der Waals surface area contributed by atoms with Crippen molar-refractivity contribution in [3.05, 3.63) is 71.8 Å². The Bertz CT molecular complexity index is 529. The van der Waals surface area contributed by atoms with Crippen LogP contribution in [-0.2, 0) is 4.79 Å². The van der Waals surface area contributed by atoms with Crippen molar-refractivity contribution in [3.8, 4) is 0 Å². The van der Waals surface area contributed by atoms with E-state index in [-0.39, 0.29) is 5.92 Å². The molecule has 0 aromatic heterocycles. The van der Waals surface area contributed by atoms with Crippen molar-refractivity contribution in [2.75, 3.05) is 0 Å². The maximum Gasteiger partial charge on any atom is 0.235 e. The van der Waals surface area contributed by atoms with Crippen molar-refractivity contribution in [2.45, 2.75) is 25.3 Å². The Kier molecular flexibility index (Phi) is 3.94. The van der Waals surface area contributed by atoms with Crippen molar-refractivity contribution in [3.63, 3.8) is 0 Å². The van der Waals surface area contributed by atoms with E-state index in [4.69, 9.17) is 0 Å². The van der Waals surface area contributed by atoms with Gasteiger partial charge in [0.2, 0.25) is 6.08 Å². The lowest BCUT2D eigenvalue weighted by molar-refractivity contribution is 0.452. The molecule has 0 N–H and O–H groups in total. The van der Waals surface area contributed by atoms with Crippen molar-refractivity contribution in [1.29, 1.82) is 0 Å². The molecule has 2 heteroatoms. The van der Waals surface area contributed by atoms with E-state index in [9.17, 15) is 4.79 Å². The number of carbonyl (C=O) groups excluding carboxylic acids is 1. The number of nitrogens with zero attached hydrogens (tertiary/aromatic N) is 1. The number of isocyanates is 1. The van der Waals surface area contributed by atoms with Gasteiger partial charge < -0.3 is 0 Å². The second kappa shape index (κ2) is 5.64. The molecule has 0 bridgehead atoms. The van der Waals surface area contributed by atoms with Gasteiger partial charge in [-0.2, -0.15) is 4.99 Å². The third kappa shape index (κ3) is 2.98. The Labute approximate surface area is 113 Å². The Balaban J connectivity index is 2.55. The fourth-order valence-electron chi connectivity index (χ4n) is 2.48. The van der Waals surface area contributed by atoms with Gasteiger partial charge in [-0.05, 0) is 25.0 Å². The van der Waals surface area contributed by atoms with Gasteiger partial charge in [0.05, 0.1) is 5.54 Å². The van der Waals surface area contributed by atoms with Crippen LogP contribution in [0.15, 0.2) is 65.7 Å². The fraction of sp³-hybridized carbons (Fsp3) is 0.235. The molecule has 2 aromatic rings. The third-order valence-electron chi connectivity index (χ3n) is 3.31. The van der Waals surface area contributed by atoms with Gasteiger partial charge in [-0.3, -0.25) is 0 Å². The van der Waals surface area contributed by atoms with E-state index in [2.05, 4.69) is 29.3 Å². The van der Waals surface area contributed by atoms with Crippen LogP contribution < -0.4 is 0 Å². The second-order valence-electron chi connectivity index (χ2n) is 5.11. The van der Waals surface area contributed by atoms with Gasteiger partial charge in [0.15, 0.2) is 0 Å². The van der Waals surface area contributed by atoms with Crippen LogP contribution in [-0.4, -0.2) is 11.6 Å². The van der Waals surface area contributed by atoms with Gasteiger partial charge in [0.25, 0.3) is 0 Å². The molecule has 0 fully saturated rings. The fourth-order valence-corrected chi connectivity index (χ4v) is 2.48. The molecule has 96 valence electrons. The summed E-state index contributed by atoms with van der Waals surface area (Å²) in [6, 6.07) is 20.3. The first-order chi connectivity index (χ1) is 9.15. The first kappa shape index (κ1) is 13.3. The Hall–Kier alpha value is -2.18. The van der Waals surface area contributed by atoms with Crippen LogP contribution >= 0.6 is 0 Å². The lowest BCUT2D eigenvalue weighted by Crippen LogP contribution is -2.28. The lowest BCUT2D eigenvalue weighted by Gasteiger charge is -2.30. The molecule has 0 atom stereocenters. The molecule has 0 aliphatic heterocycles. The van der Waals surface area contributed by atoms with E-state index in [0.29, 0.717) is 0 Å². The summed E-state index contributed by atoms with van der Waals surface area (Å²) in [5, 5.41) is 0. The average Bonchev–Trinajstić information content (AvgIpc) is 2.41. The first-order valence-corrected chi connectivity index (χ1v) is 6.34. The highest BCUT2D eigenvalue weighted by Crippen LogP contribution is 2.36. The molecular formula is C17H17NO. The SMILES string of the molecule is CC(C)(N=C=O)C(c1ccccc1)c1ccccc1. The van der Waals surface area contributed by atoms with Gasteiger partial charge in [0, 0.05) is 5.92 Å². The standard InChI is InChI=1S/C17H17NO/c1-17(2,18-13-19)16(14-9-5-3-6-10-14)15-11-7-4-8-12-15/h3-12,16H,1-2H3. The Morgan fingerprint density at radius 3 is 1.68 bits per heavy atom. The van der Waals surface area contributed by atoms with Crippen molar-refractivity contribution in [2.24, 2.45) is 4.99 Å². The zero-order chi connectivity index (χ0) is 13.7. The molecule has 19 heavy (non-hydrogen) atoms. The van der Waals surface area contributed by atoms with Gasteiger partial charge in [-0.25, -0.2) is 4.79 Å². The summed E-state index contributed by atoms with van der Waals surface area (Å²) in [6.07, 6.45) is 1.70. The number of benzene rings is 2. The number of hydrogen-bond donors (Lipinski definition) is 0. The molecule has 0 spiro atoms. The van der Waals surface area contributed by atoms with Crippen molar-refractivity contribution in [1.82, 2.24) is 0 Å². The number of rotatable bonds is 4. The quantitative estimate of drug-likeness (QED) is 0.598. The van der Waals surface area contributed by atoms with E-state index in [1.54, 1.807) is 6.08 Å². The van der Waals surface area contributed by atoms with E-state index in [1.807, 2.05) is 50.2 Å². The van der Waals surface area contributed by atoms with E-state index in [0.717, 1.165) is 11.1 Å². The van der Waals surface area contributed by atoms with Gasteiger partial charge in [-0.15, -0.1) is 0 Å². The molecule has 2 aromatic carbocycles. The monoisotopic (exact) mass is 251 g/mol. The minimum absolute atomic E-state index is 0.0383. The minimum atomic E-state index is -0.523. The van der Waals surface area contributed by atoms with Crippen molar-refractivity contribution < 1.29 is 4.79 Å². The summed E-state index contributed by atoms with van der Waals surface area (Å²) in [4.78, 5) is 14.7. The summed E-state index contributed by atoms with van der Waals surface area (Å²) < 4.78 is 0. The molecule has 0 heterocycles. The smallest absolute Gasteiger partial charge is 0.211 e. The summed E-state index contributed by atoms with van der Waals surface area (Å²) >= 11 is 0. The largest absolute Gasteiger partial charge is 0.235 e. The molecule has 0 amide bonds. The summed E-state index contributed by atoms with van der Waals surface area (Å²) in [7, 11) is 0. The zero-order valence-corrected chi connectivity index (χ0v) is 11.2. The normalized spacial score (nSPS) is 11.1. The highest BCUT2D eigenvalue weighted by atomic mass is 16.1. The Morgan fingerprint density at radius 2 is 1.32 bits per heavy atom. The topological polar surface area (TPSA) is 29.4 Å². The zero-order valence-electron chi connectivity index (χ0n) is 11.2. The van der Waals surface area contributed by atoms with Gasteiger partial charge >= 0.3 is 0 Å². The van der Waals surface area contributed by atoms with E-state index < -0.39 is 5.54 Å². The van der Waals surface area contributed by atoms with E-state index >= 15 is 0 Å². The molecule has 0 saturated carbocycles. The lowest BCUT2D eigenvalue weighted by atomic mass is 9.77. The molecule has 0 unspecified atom stereocenters. The molecular weight excluding hydrogens is 234 g/mol. The molecule has 2 rings (SSSR count). The minimum Gasteiger partial charge on any atom is -0.211 e. The van der Waals surface area contributed by atoms with Gasteiger partial charge in [0.1, 0.15) is 0 Å². The molecule has 2 nitrogen and oxygen atoms in total. The van der Waals surface area contributed by atoms with Crippen LogP contribution in [0.1, 0.15) is 30.9 Å². The van der Waals surface area contributed by atoms with E-state index in [1.165, 1.54) is 0 Å². The summed E-state index contributed by atoms with van der Waals surface area (Å²) in [5.41, 5.74) is 1.78. The maximum absolute atomic E-state index is 10.7. The summed E-state index contributed by atoms with van der Waals surface area (Å²) in [5.74, 6) is 0.0383. The first-order valence-electron chi connectivity index (χ1n) is 6.34. The maximum atomic E-state index is 10.7. The number of aliphatic imine (C=N–C) groups is 1. The molecule has 0 saturated heterocycles.